The number of amidine groups is 1. The van der Waals surface area contributed by atoms with E-state index < -0.39 is 0 Å². The number of allylic oxidation sites excluding steroid dienone is 4. The molecule has 0 saturated heterocycles. The van der Waals surface area contributed by atoms with E-state index in [0.29, 0.717) is 10.8 Å². The number of hydrogen-bond donors (Lipinski definition) is 1. The summed E-state index contributed by atoms with van der Waals surface area (Å²) >= 11 is 4.87. The first-order valence-electron chi connectivity index (χ1n) is 4.49. The molecule has 2 nitrogen and oxygen atoms in total. The zero-order valence-corrected chi connectivity index (χ0v) is 9.27. The molecule has 0 radical (unpaired) electrons. The summed E-state index contributed by atoms with van der Waals surface area (Å²) in [5.41, 5.74) is 7.97. The van der Waals surface area contributed by atoms with E-state index in [9.17, 15) is 0 Å². The minimum absolute atomic E-state index is 0.497. The Bertz CT molecular complexity index is 359. The van der Waals surface area contributed by atoms with Gasteiger partial charge in [0.1, 0.15) is 10.8 Å². The molecule has 0 unspecified atom stereocenters. The molecule has 0 amide bonds. The highest BCUT2D eigenvalue weighted by Gasteiger charge is 2.00. The van der Waals surface area contributed by atoms with E-state index in [-0.39, 0.29) is 0 Å². The minimum atomic E-state index is 0.497. The highest BCUT2D eigenvalue weighted by molar-refractivity contribution is 7.80. The second-order valence-electron chi connectivity index (χ2n) is 3.19. The Labute approximate surface area is 89.9 Å². The molecule has 0 fully saturated rings. The van der Waals surface area contributed by atoms with Crippen molar-refractivity contribution in [2.45, 2.75) is 20.3 Å². The molecule has 2 N–H and O–H groups in total. The lowest BCUT2D eigenvalue weighted by Gasteiger charge is -1.99. The molecular weight excluding hydrogens is 192 g/mol. The summed E-state index contributed by atoms with van der Waals surface area (Å²) in [6.07, 6.45) is 9.07. The van der Waals surface area contributed by atoms with E-state index in [0.717, 1.165) is 12.0 Å². The molecule has 0 saturated carbocycles. The van der Waals surface area contributed by atoms with Gasteiger partial charge in [-0.2, -0.15) is 0 Å². The topological polar surface area (TPSA) is 38.4 Å². The molecule has 0 aliphatic heterocycles. The van der Waals surface area contributed by atoms with Crippen molar-refractivity contribution in [3.63, 3.8) is 0 Å². The summed E-state index contributed by atoms with van der Waals surface area (Å²) in [5, 5.41) is 0. The van der Waals surface area contributed by atoms with Crippen LogP contribution in [0.15, 0.2) is 40.4 Å². The SMILES string of the molecule is CC(=S)N=C(N)C1=CCC=C(C)C=C1. The molecule has 0 bridgehead atoms. The van der Waals surface area contributed by atoms with E-state index >= 15 is 0 Å². The Kier molecular flexibility index (Phi) is 3.77. The van der Waals surface area contributed by atoms with Gasteiger partial charge in [-0.05, 0) is 20.3 Å². The van der Waals surface area contributed by atoms with Crippen molar-refractivity contribution in [2.75, 3.05) is 0 Å². The Morgan fingerprint density at radius 2 is 2.14 bits per heavy atom. The van der Waals surface area contributed by atoms with E-state index in [2.05, 4.69) is 18.0 Å². The Morgan fingerprint density at radius 3 is 2.79 bits per heavy atom. The molecule has 0 atom stereocenters. The molecule has 0 heterocycles. The van der Waals surface area contributed by atoms with Gasteiger partial charge in [0, 0.05) is 5.57 Å². The van der Waals surface area contributed by atoms with Gasteiger partial charge in [0.25, 0.3) is 0 Å². The standard InChI is InChI=1S/C11H14N2S/c1-8-4-3-5-10(7-6-8)11(12)13-9(2)14/h4-7H,3H2,1-2H3,(H2,12,13,14). The fourth-order valence-electron chi connectivity index (χ4n) is 1.15. The molecule has 1 rings (SSSR count). The van der Waals surface area contributed by atoms with Crippen LogP contribution in [0.2, 0.25) is 0 Å². The quantitative estimate of drug-likeness (QED) is 0.407. The second kappa shape index (κ2) is 4.86. The molecule has 3 heteroatoms. The van der Waals surface area contributed by atoms with E-state index in [1.54, 1.807) is 6.92 Å². The first-order valence-corrected chi connectivity index (χ1v) is 4.90. The van der Waals surface area contributed by atoms with E-state index in [1.807, 2.05) is 18.2 Å². The zero-order chi connectivity index (χ0) is 10.6. The van der Waals surface area contributed by atoms with Crippen molar-refractivity contribution in [3.05, 3.63) is 35.5 Å². The predicted molar refractivity (Wildman–Crippen MR) is 65.5 cm³/mol. The maximum atomic E-state index is 5.78. The van der Waals surface area contributed by atoms with Crippen LogP contribution in [0.1, 0.15) is 20.3 Å². The summed E-state index contributed by atoms with van der Waals surface area (Å²) in [6, 6.07) is 0. The fraction of sp³-hybridized carbons (Fsp3) is 0.273. The van der Waals surface area contributed by atoms with Gasteiger partial charge in [0.15, 0.2) is 0 Å². The predicted octanol–water partition coefficient (Wildman–Crippen LogP) is 2.52. The van der Waals surface area contributed by atoms with Crippen molar-refractivity contribution < 1.29 is 0 Å². The van der Waals surface area contributed by atoms with Gasteiger partial charge in [-0.15, -0.1) is 0 Å². The molecule has 74 valence electrons. The third-order valence-corrected chi connectivity index (χ3v) is 1.97. The van der Waals surface area contributed by atoms with Gasteiger partial charge < -0.3 is 5.73 Å². The number of nitrogens with two attached hydrogens (primary N) is 1. The zero-order valence-electron chi connectivity index (χ0n) is 8.45. The highest BCUT2D eigenvalue weighted by atomic mass is 32.1. The van der Waals surface area contributed by atoms with Crippen molar-refractivity contribution in [3.8, 4) is 0 Å². The van der Waals surface area contributed by atoms with Crippen LogP contribution in [0, 0.1) is 0 Å². The van der Waals surface area contributed by atoms with Crippen molar-refractivity contribution in [2.24, 2.45) is 10.7 Å². The number of hydrogen-bond acceptors (Lipinski definition) is 1. The van der Waals surface area contributed by atoms with Crippen molar-refractivity contribution in [1.82, 2.24) is 0 Å². The normalized spacial score (nSPS) is 17.1. The average molecular weight is 206 g/mol. The summed E-state index contributed by atoms with van der Waals surface area (Å²) in [6.45, 7) is 3.82. The number of thiocarbonyl (C=S) groups is 1. The molecule has 0 aromatic carbocycles. The molecule has 1 aliphatic rings. The Hall–Kier alpha value is -1.22. The van der Waals surface area contributed by atoms with E-state index in [1.165, 1.54) is 5.57 Å². The number of rotatable bonds is 1. The van der Waals surface area contributed by atoms with Gasteiger partial charge in [-0.25, -0.2) is 4.99 Å². The lowest BCUT2D eigenvalue weighted by molar-refractivity contribution is 1.34. The van der Waals surface area contributed by atoms with Crippen LogP contribution in [0.5, 0.6) is 0 Å². The smallest absolute Gasteiger partial charge is 0.131 e. The molecule has 1 aliphatic carbocycles. The van der Waals surface area contributed by atoms with Crippen LogP contribution in [0.4, 0.5) is 0 Å². The second-order valence-corrected chi connectivity index (χ2v) is 3.78. The fourth-order valence-corrected chi connectivity index (χ4v) is 1.25. The van der Waals surface area contributed by atoms with Gasteiger partial charge in [0.05, 0.1) is 0 Å². The maximum absolute atomic E-state index is 5.78. The number of nitrogens with zero attached hydrogens (tertiary/aromatic N) is 1. The first kappa shape index (κ1) is 10.9. The monoisotopic (exact) mass is 206 g/mol. The van der Waals surface area contributed by atoms with Crippen LogP contribution in [-0.2, 0) is 0 Å². The molecule has 0 spiro atoms. The van der Waals surface area contributed by atoms with Crippen LogP contribution in [0.25, 0.3) is 0 Å². The van der Waals surface area contributed by atoms with Crippen LogP contribution in [0.3, 0.4) is 0 Å². The summed E-state index contributed by atoms with van der Waals surface area (Å²) in [7, 11) is 0. The van der Waals surface area contributed by atoms with Crippen molar-refractivity contribution >= 4 is 23.0 Å². The third kappa shape index (κ3) is 3.26. The van der Waals surface area contributed by atoms with Crippen LogP contribution < -0.4 is 5.73 Å². The average Bonchev–Trinajstić information content (AvgIpc) is 2.28. The van der Waals surface area contributed by atoms with Crippen LogP contribution >= 0.6 is 12.2 Å². The highest BCUT2D eigenvalue weighted by Crippen LogP contribution is 2.10. The largest absolute Gasteiger partial charge is 0.383 e. The molecular formula is C11H14N2S. The maximum Gasteiger partial charge on any atom is 0.131 e. The minimum Gasteiger partial charge on any atom is -0.383 e. The lowest BCUT2D eigenvalue weighted by Crippen LogP contribution is -2.14. The first-order chi connectivity index (χ1) is 6.59. The van der Waals surface area contributed by atoms with Gasteiger partial charge >= 0.3 is 0 Å². The summed E-state index contributed by atoms with van der Waals surface area (Å²) in [5.74, 6) is 0.497. The molecule has 0 aromatic rings. The van der Waals surface area contributed by atoms with E-state index in [4.69, 9.17) is 18.0 Å². The van der Waals surface area contributed by atoms with Crippen LogP contribution in [-0.4, -0.2) is 10.8 Å². The lowest BCUT2D eigenvalue weighted by atomic mass is 10.2. The third-order valence-electron chi connectivity index (χ3n) is 1.88. The van der Waals surface area contributed by atoms with Gasteiger partial charge in [-0.3, -0.25) is 0 Å². The molecule has 0 aromatic heterocycles. The van der Waals surface area contributed by atoms with Gasteiger partial charge in [0.2, 0.25) is 0 Å². The number of aliphatic imine (C=N–C) groups is 1. The van der Waals surface area contributed by atoms with Crippen molar-refractivity contribution in [1.29, 1.82) is 0 Å². The summed E-state index contributed by atoms with van der Waals surface area (Å²) < 4.78 is 0. The molecule has 14 heavy (non-hydrogen) atoms. The summed E-state index contributed by atoms with van der Waals surface area (Å²) in [4.78, 5) is 4.61. The Morgan fingerprint density at radius 1 is 1.43 bits per heavy atom. The Balaban J connectivity index is 2.86. The van der Waals surface area contributed by atoms with Gasteiger partial charge in [-0.1, -0.05) is 42.1 Å².